The summed E-state index contributed by atoms with van der Waals surface area (Å²) in [7, 11) is 0. The lowest BCUT2D eigenvalue weighted by Crippen LogP contribution is -2.51. The molecule has 0 unspecified atom stereocenters. The molecule has 2 N–H and O–H groups in total. The lowest BCUT2D eigenvalue weighted by atomic mass is 10.2. The number of hydrogen-bond donors (Lipinski definition) is 2. The minimum atomic E-state index is -0.724. The molecule has 2 aromatic carbocycles. The monoisotopic (exact) mass is 339 g/mol. The molecule has 1 heterocycles. The van der Waals surface area contributed by atoms with E-state index in [9.17, 15) is 14.7 Å². The van der Waals surface area contributed by atoms with Crippen LogP contribution in [0.15, 0.2) is 54.6 Å². The molecule has 25 heavy (non-hydrogen) atoms. The van der Waals surface area contributed by atoms with Gasteiger partial charge in [0, 0.05) is 32.7 Å². The average molecular weight is 339 g/mol. The molecule has 1 saturated heterocycles. The maximum atomic E-state index is 12.3. The van der Waals surface area contributed by atoms with Crippen molar-refractivity contribution in [1.82, 2.24) is 9.80 Å². The Balaban J connectivity index is 1.51. The summed E-state index contributed by atoms with van der Waals surface area (Å²) >= 11 is 0. The van der Waals surface area contributed by atoms with Crippen molar-refractivity contribution < 1.29 is 14.7 Å². The molecule has 0 aliphatic carbocycles. The third-order valence-electron chi connectivity index (χ3n) is 4.26. The van der Waals surface area contributed by atoms with E-state index in [0.29, 0.717) is 13.1 Å². The van der Waals surface area contributed by atoms with E-state index < -0.39 is 11.8 Å². The van der Waals surface area contributed by atoms with Crippen LogP contribution in [0.3, 0.4) is 0 Å². The first-order chi connectivity index (χ1) is 12.1. The molecular formula is C19H21N3O3. The SMILES string of the molecule is O=C(Nc1ccccc1O)C(=O)N1CCN(Cc2ccccc2)CC1. The quantitative estimate of drug-likeness (QED) is 0.659. The number of piperazine rings is 1. The molecule has 0 saturated carbocycles. The summed E-state index contributed by atoms with van der Waals surface area (Å²) < 4.78 is 0. The smallest absolute Gasteiger partial charge is 0.314 e. The number of anilines is 1. The number of nitrogens with zero attached hydrogens (tertiary/aromatic N) is 2. The number of rotatable bonds is 3. The predicted molar refractivity (Wildman–Crippen MR) is 95.0 cm³/mol. The zero-order valence-electron chi connectivity index (χ0n) is 13.9. The topological polar surface area (TPSA) is 72.9 Å². The molecule has 0 spiro atoms. The fourth-order valence-corrected chi connectivity index (χ4v) is 2.85. The van der Waals surface area contributed by atoms with Crippen molar-refractivity contribution in [3.63, 3.8) is 0 Å². The maximum Gasteiger partial charge on any atom is 0.314 e. The van der Waals surface area contributed by atoms with Gasteiger partial charge in [0.1, 0.15) is 5.75 Å². The molecule has 0 radical (unpaired) electrons. The van der Waals surface area contributed by atoms with Gasteiger partial charge in [0.2, 0.25) is 0 Å². The highest BCUT2D eigenvalue weighted by molar-refractivity contribution is 6.39. The summed E-state index contributed by atoms with van der Waals surface area (Å²) in [6, 6.07) is 16.5. The molecular weight excluding hydrogens is 318 g/mol. The van der Waals surface area contributed by atoms with Crippen LogP contribution in [-0.4, -0.2) is 52.9 Å². The molecule has 6 heteroatoms. The summed E-state index contributed by atoms with van der Waals surface area (Å²) in [5.41, 5.74) is 1.48. The normalized spacial score (nSPS) is 15.0. The highest BCUT2D eigenvalue weighted by atomic mass is 16.3. The van der Waals surface area contributed by atoms with Gasteiger partial charge in [0.25, 0.3) is 0 Å². The summed E-state index contributed by atoms with van der Waals surface area (Å²) in [6.45, 7) is 3.32. The molecule has 0 aromatic heterocycles. The number of phenolic OH excluding ortho intramolecular Hbond substituents is 1. The van der Waals surface area contributed by atoms with Crippen LogP contribution in [-0.2, 0) is 16.1 Å². The van der Waals surface area contributed by atoms with E-state index in [1.807, 2.05) is 18.2 Å². The predicted octanol–water partition coefficient (Wildman–Crippen LogP) is 1.68. The molecule has 2 aromatic rings. The van der Waals surface area contributed by atoms with Crippen molar-refractivity contribution in [3.05, 3.63) is 60.2 Å². The molecule has 2 amide bonds. The van der Waals surface area contributed by atoms with Crippen molar-refractivity contribution >= 4 is 17.5 Å². The Labute approximate surface area is 146 Å². The standard InChI is InChI=1S/C19H21N3O3/c23-17-9-5-4-8-16(17)20-18(24)19(25)22-12-10-21(11-13-22)14-15-6-2-1-3-7-15/h1-9,23H,10-14H2,(H,20,24). The minimum Gasteiger partial charge on any atom is -0.506 e. The van der Waals surface area contributed by atoms with Crippen molar-refractivity contribution in [3.8, 4) is 5.75 Å². The number of nitrogens with one attached hydrogen (secondary N) is 1. The number of aromatic hydroxyl groups is 1. The highest BCUT2D eigenvalue weighted by Crippen LogP contribution is 2.21. The van der Waals surface area contributed by atoms with Gasteiger partial charge in [-0.1, -0.05) is 42.5 Å². The molecule has 6 nitrogen and oxygen atoms in total. The van der Waals surface area contributed by atoms with Crippen LogP contribution in [0.25, 0.3) is 0 Å². The van der Waals surface area contributed by atoms with Crippen LogP contribution in [0, 0.1) is 0 Å². The lowest BCUT2D eigenvalue weighted by molar-refractivity contribution is -0.144. The van der Waals surface area contributed by atoms with E-state index in [2.05, 4.69) is 22.3 Å². The number of carbonyl (C=O) groups is 2. The van der Waals surface area contributed by atoms with Crippen LogP contribution in [0.1, 0.15) is 5.56 Å². The van der Waals surface area contributed by atoms with E-state index >= 15 is 0 Å². The van der Waals surface area contributed by atoms with E-state index in [1.165, 1.54) is 11.6 Å². The second kappa shape index (κ2) is 7.81. The van der Waals surface area contributed by atoms with Gasteiger partial charge in [-0.25, -0.2) is 0 Å². The van der Waals surface area contributed by atoms with Crippen LogP contribution in [0.5, 0.6) is 5.75 Å². The average Bonchev–Trinajstić information content (AvgIpc) is 2.64. The fourth-order valence-electron chi connectivity index (χ4n) is 2.85. The van der Waals surface area contributed by atoms with E-state index in [0.717, 1.165) is 19.6 Å². The van der Waals surface area contributed by atoms with Gasteiger partial charge in [0.05, 0.1) is 5.69 Å². The Bertz CT molecular complexity index is 741. The van der Waals surface area contributed by atoms with Crippen molar-refractivity contribution in [1.29, 1.82) is 0 Å². The molecule has 1 aliphatic heterocycles. The van der Waals surface area contributed by atoms with Crippen molar-refractivity contribution in [2.75, 3.05) is 31.5 Å². The Morgan fingerprint density at radius 3 is 2.24 bits per heavy atom. The molecule has 130 valence electrons. The minimum absolute atomic E-state index is 0.0590. The fraction of sp³-hybridized carbons (Fsp3) is 0.263. The van der Waals surface area contributed by atoms with Gasteiger partial charge in [-0.2, -0.15) is 0 Å². The third kappa shape index (κ3) is 4.36. The van der Waals surface area contributed by atoms with E-state index in [4.69, 9.17) is 0 Å². The number of phenols is 1. The first-order valence-electron chi connectivity index (χ1n) is 8.28. The van der Waals surface area contributed by atoms with Crippen LogP contribution in [0.2, 0.25) is 0 Å². The first kappa shape index (κ1) is 17.0. The number of amides is 2. The molecule has 3 rings (SSSR count). The third-order valence-corrected chi connectivity index (χ3v) is 4.26. The zero-order valence-corrected chi connectivity index (χ0v) is 13.9. The Morgan fingerprint density at radius 2 is 1.56 bits per heavy atom. The van der Waals surface area contributed by atoms with Crippen LogP contribution >= 0.6 is 0 Å². The largest absolute Gasteiger partial charge is 0.506 e. The number of hydrogen-bond acceptors (Lipinski definition) is 4. The second-order valence-electron chi connectivity index (χ2n) is 6.03. The van der Waals surface area contributed by atoms with E-state index in [1.54, 1.807) is 23.1 Å². The first-order valence-corrected chi connectivity index (χ1v) is 8.28. The maximum absolute atomic E-state index is 12.3. The molecule has 1 aliphatic rings. The molecule has 0 atom stereocenters. The van der Waals surface area contributed by atoms with E-state index in [-0.39, 0.29) is 11.4 Å². The summed E-state index contributed by atoms with van der Waals surface area (Å²) in [5.74, 6) is -1.35. The summed E-state index contributed by atoms with van der Waals surface area (Å²) in [4.78, 5) is 28.2. The van der Waals surface area contributed by atoms with Gasteiger partial charge in [0.15, 0.2) is 0 Å². The number of para-hydroxylation sites is 2. The Morgan fingerprint density at radius 1 is 0.920 bits per heavy atom. The lowest BCUT2D eigenvalue weighted by Gasteiger charge is -2.34. The van der Waals surface area contributed by atoms with Crippen molar-refractivity contribution in [2.24, 2.45) is 0 Å². The number of carbonyl (C=O) groups excluding carboxylic acids is 2. The van der Waals surface area contributed by atoms with Crippen LogP contribution in [0.4, 0.5) is 5.69 Å². The van der Waals surface area contributed by atoms with Gasteiger partial charge < -0.3 is 15.3 Å². The Hall–Kier alpha value is -2.86. The Kier molecular flexibility index (Phi) is 5.30. The van der Waals surface area contributed by atoms with Gasteiger partial charge in [-0.3, -0.25) is 14.5 Å². The second-order valence-corrected chi connectivity index (χ2v) is 6.03. The van der Waals surface area contributed by atoms with Gasteiger partial charge in [-0.15, -0.1) is 0 Å². The zero-order chi connectivity index (χ0) is 17.6. The van der Waals surface area contributed by atoms with Gasteiger partial charge in [-0.05, 0) is 17.7 Å². The summed E-state index contributed by atoms with van der Waals surface area (Å²) in [6.07, 6.45) is 0. The van der Waals surface area contributed by atoms with Crippen LogP contribution < -0.4 is 5.32 Å². The summed E-state index contributed by atoms with van der Waals surface area (Å²) in [5, 5.41) is 12.1. The highest BCUT2D eigenvalue weighted by Gasteiger charge is 2.26. The molecule has 1 fully saturated rings. The van der Waals surface area contributed by atoms with Crippen molar-refractivity contribution in [2.45, 2.75) is 6.54 Å². The van der Waals surface area contributed by atoms with Gasteiger partial charge >= 0.3 is 11.8 Å². The number of benzene rings is 2. The molecule has 0 bridgehead atoms.